The molecule has 0 spiro atoms. The zero-order valence-electron chi connectivity index (χ0n) is 15.7. The Hall–Kier alpha value is -1.83. The lowest BCUT2D eigenvalue weighted by molar-refractivity contribution is -0.133. The van der Waals surface area contributed by atoms with Crippen molar-refractivity contribution in [3.05, 3.63) is 33.8 Å². The van der Waals surface area contributed by atoms with E-state index >= 15 is 0 Å². The first-order valence-corrected chi connectivity index (χ1v) is 10.2. The Labute approximate surface area is 174 Å². The van der Waals surface area contributed by atoms with Crippen LogP contribution in [0.4, 0.5) is 0 Å². The van der Waals surface area contributed by atoms with Crippen LogP contribution in [0.2, 0.25) is 10.0 Å². The Balaban J connectivity index is 1.42. The van der Waals surface area contributed by atoms with E-state index in [1.165, 1.54) is 6.07 Å². The van der Waals surface area contributed by atoms with Gasteiger partial charge in [0.05, 0.1) is 22.6 Å². The van der Waals surface area contributed by atoms with Crippen LogP contribution in [0.5, 0.6) is 0 Å². The average molecular weight is 427 g/mol. The summed E-state index contributed by atoms with van der Waals surface area (Å²) >= 11 is 11.8. The molecule has 1 saturated carbocycles. The Morgan fingerprint density at radius 3 is 2.39 bits per heavy atom. The number of nitrogens with one attached hydrogen (secondary N) is 2. The number of benzene rings is 1. The Bertz CT molecular complexity index is 762. The number of amides is 3. The molecular weight excluding hydrogens is 403 g/mol. The summed E-state index contributed by atoms with van der Waals surface area (Å²) in [6, 6.07) is 4.71. The predicted octanol–water partition coefficient (Wildman–Crippen LogP) is 1.53. The zero-order valence-corrected chi connectivity index (χ0v) is 17.2. The van der Waals surface area contributed by atoms with Crippen molar-refractivity contribution >= 4 is 40.9 Å². The van der Waals surface area contributed by atoms with E-state index in [2.05, 4.69) is 15.5 Å². The number of carbonyl (C=O) groups excluding carboxylic acids is 3. The number of nitrogens with zero attached hydrogens (tertiary/aromatic N) is 2. The van der Waals surface area contributed by atoms with Gasteiger partial charge in [-0.15, -0.1) is 0 Å². The van der Waals surface area contributed by atoms with Gasteiger partial charge in [-0.2, -0.15) is 0 Å². The van der Waals surface area contributed by atoms with Crippen molar-refractivity contribution in [1.29, 1.82) is 0 Å². The van der Waals surface area contributed by atoms with Gasteiger partial charge < -0.3 is 15.5 Å². The molecule has 1 aromatic rings. The number of hydrogen-bond acceptors (Lipinski definition) is 4. The van der Waals surface area contributed by atoms with Crippen LogP contribution in [0.3, 0.4) is 0 Å². The van der Waals surface area contributed by atoms with Crippen molar-refractivity contribution in [2.75, 3.05) is 32.7 Å². The van der Waals surface area contributed by atoms with Crippen LogP contribution >= 0.6 is 23.2 Å². The zero-order chi connectivity index (χ0) is 20.3. The van der Waals surface area contributed by atoms with Gasteiger partial charge in [0.15, 0.2) is 0 Å². The number of hydrogen-bond donors (Lipinski definition) is 2. The minimum absolute atomic E-state index is 0.0520. The van der Waals surface area contributed by atoms with Crippen molar-refractivity contribution in [2.24, 2.45) is 0 Å². The molecule has 0 radical (unpaired) electrons. The SMILES string of the molecule is CC(C(=O)NC1CC1)N1CCN(C(=O)CNC(=O)c2ccc(Cl)c(Cl)c2)CC1. The quantitative estimate of drug-likeness (QED) is 0.722. The van der Waals surface area contributed by atoms with Crippen LogP contribution in [0.15, 0.2) is 18.2 Å². The van der Waals surface area contributed by atoms with Gasteiger partial charge in [-0.1, -0.05) is 23.2 Å². The Kier molecular flexibility index (Phi) is 6.80. The molecule has 9 heteroatoms. The number of piperazine rings is 1. The molecule has 1 atom stereocenters. The highest BCUT2D eigenvalue weighted by atomic mass is 35.5. The summed E-state index contributed by atoms with van der Waals surface area (Å²) < 4.78 is 0. The summed E-state index contributed by atoms with van der Waals surface area (Å²) in [6.07, 6.45) is 2.13. The van der Waals surface area contributed by atoms with Crippen molar-refractivity contribution < 1.29 is 14.4 Å². The lowest BCUT2D eigenvalue weighted by Crippen LogP contribution is -2.56. The van der Waals surface area contributed by atoms with Crippen LogP contribution in [0.1, 0.15) is 30.1 Å². The van der Waals surface area contributed by atoms with Gasteiger partial charge in [0.1, 0.15) is 0 Å². The second-order valence-electron chi connectivity index (χ2n) is 7.19. The largest absolute Gasteiger partial charge is 0.352 e. The number of halogens is 2. The molecule has 0 aromatic heterocycles. The van der Waals surface area contributed by atoms with Crippen molar-refractivity contribution in [1.82, 2.24) is 20.4 Å². The van der Waals surface area contributed by atoms with E-state index in [0.717, 1.165) is 12.8 Å². The monoisotopic (exact) mass is 426 g/mol. The molecule has 2 fully saturated rings. The first kappa shape index (κ1) is 20.9. The van der Waals surface area contributed by atoms with E-state index in [4.69, 9.17) is 23.2 Å². The molecule has 7 nitrogen and oxygen atoms in total. The third kappa shape index (κ3) is 5.37. The summed E-state index contributed by atoms with van der Waals surface area (Å²) in [5.74, 6) is -0.477. The molecule has 1 aliphatic heterocycles. The molecule has 1 aromatic carbocycles. The molecule has 0 bridgehead atoms. The fraction of sp³-hybridized carbons (Fsp3) is 0.526. The van der Waals surface area contributed by atoms with Gasteiger partial charge in [0, 0.05) is 37.8 Å². The summed E-state index contributed by atoms with van der Waals surface area (Å²) in [4.78, 5) is 40.5. The van der Waals surface area contributed by atoms with E-state index in [-0.39, 0.29) is 35.3 Å². The lowest BCUT2D eigenvalue weighted by Gasteiger charge is -2.37. The minimum Gasteiger partial charge on any atom is -0.352 e. The van der Waals surface area contributed by atoms with Crippen LogP contribution in [-0.4, -0.2) is 72.3 Å². The molecular formula is C19H24Cl2N4O3. The molecule has 1 unspecified atom stereocenters. The molecule has 1 heterocycles. The van der Waals surface area contributed by atoms with Crippen LogP contribution < -0.4 is 10.6 Å². The molecule has 1 aliphatic carbocycles. The van der Waals surface area contributed by atoms with Crippen molar-refractivity contribution in [2.45, 2.75) is 31.8 Å². The van der Waals surface area contributed by atoms with Crippen LogP contribution in [0, 0.1) is 0 Å². The number of carbonyl (C=O) groups is 3. The highest BCUT2D eigenvalue weighted by Gasteiger charge is 2.30. The Morgan fingerprint density at radius 1 is 1.11 bits per heavy atom. The van der Waals surface area contributed by atoms with E-state index in [1.54, 1.807) is 17.0 Å². The van der Waals surface area contributed by atoms with Gasteiger partial charge in [0.2, 0.25) is 11.8 Å². The number of rotatable bonds is 6. The van der Waals surface area contributed by atoms with Gasteiger partial charge in [-0.25, -0.2) is 0 Å². The second kappa shape index (κ2) is 9.11. The second-order valence-corrected chi connectivity index (χ2v) is 8.00. The van der Waals surface area contributed by atoms with Gasteiger partial charge in [-0.05, 0) is 38.0 Å². The van der Waals surface area contributed by atoms with Crippen molar-refractivity contribution in [3.8, 4) is 0 Å². The fourth-order valence-corrected chi connectivity index (χ4v) is 3.38. The molecule has 1 saturated heterocycles. The first-order chi connectivity index (χ1) is 13.3. The molecule has 152 valence electrons. The highest BCUT2D eigenvalue weighted by Crippen LogP contribution is 2.22. The fourth-order valence-electron chi connectivity index (χ4n) is 3.08. The predicted molar refractivity (Wildman–Crippen MR) is 108 cm³/mol. The van der Waals surface area contributed by atoms with Crippen LogP contribution in [-0.2, 0) is 9.59 Å². The molecule has 2 N–H and O–H groups in total. The third-order valence-electron chi connectivity index (χ3n) is 5.10. The maximum atomic E-state index is 12.4. The summed E-state index contributed by atoms with van der Waals surface area (Å²) in [5, 5.41) is 6.28. The maximum absolute atomic E-state index is 12.4. The normalized spacial score (nSPS) is 18.5. The minimum atomic E-state index is -0.379. The average Bonchev–Trinajstić information content (AvgIpc) is 3.51. The van der Waals surface area contributed by atoms with E-state index in [1.807, 2.05) is 6.92 Å². The third-order valence-corrected chi connectivity index (χ3v) is 5.84. The van der Waals surface area contributed by atoms with Gasteiger partial charge >= 0.3 is 0 Å². The highest BCUT2D eigenvalue weighted by molar-refractivity contribution is 6.42. The molecule has 3 rings (SSSR count). The summed E-state index contributed by atoms with van der Waals surface area (Å²) in [5.41, 5.74) is 0.350. The van der Waals surface area contributed by atoms with E-state index in [0.29, 0.717) is 42.8 Å². The topological polar surface area (TPSA) is 81.8 Å². The maximum Gasteiger partial charge on any atom is 0.251 e. The molecule has 28 heavy (non-hydrogen) atoms. The van der Waals surface area contributed by atoms with Gasteiger partial charge in [0.25, 0.3) is 5.91 Å². The summed E-state index contributed by atoms with van der Waals surface area (Å²) in [6.45, 7) is 4.13. The van der Waals surface area contributed by atoms with Gasteiger partial charge in [-0.3, -0.25) is 19.3 Å². The van der Waals surface area contributed by atoms with E-state index in [9.17, 15) is 14.4 Å². The standard InChI is InChI=1S/C19H24Cl2N4O3/c1-12(18(27)23-14-3-4-14)24-6-8-25(9-7-24)17(26)11-22-19(28)13-2-5-15(20)16(21)10-13/h2,5,10,12,14H,3-4,6-9,11H2,1H3,(H,22,28)(H,23,27). The lowest BCUT2D eigenvalue weighted by atomic mass is 10.2. The van der Waals surface area contributed by atoms with E-state index < -0.39 is 0 Å². The summed E-state index contributed by atoms with van der Waals surface area (Å²) in [7, 11) is 0. The van der Waals surface area contributed by atoms with Crippen molar-refractivity contribution in [3.63, 3.8) is 0 Å². The molecule has 2 aliphatic rings. The smallest absolute Gasteiger partial charge is 0.251 e. The molecule has 3 amide bonds. The Morgan fingerprint density at radius 2 is 1.79 bits per heavy atom. The van der Waals surface area contributed by atoms with Crippen LogP contribution in [0.25, 0.3) is 0 Å². The first-order valence-electron chi connectivity index (χ1n) is 9.40.